The number of hydrogen-bond acceptors (Lipinski definition) is 3. The summed E-state index contributed by atoms with van der Waals surface area (Å²) < 4.78 is 56.9. The Kier molecular flexibility index (Phi) is 4.20. The van der Waals surface area contributed by atoms with Crippen molar-refractivity contribution in [1.29, 1.82) is 0 Å². The molecule has 0 N–H and O–H groups in total. The van der Waals surface area contributed by atoms with E-state index in [-0.39, 0.29) is 23.6 Å². The molecule has 0 aliphatic rings. The number of hydrogen-bond donors (Lipinski definition) is 0. The van der Waals surface area contributed by atoms with Crippen molar-refractivity contribution in [2.75, 3.05) is 11.4 Å². The Morgan fingerprint density at radius 2 is 1.96 bits per heavy atom. The first kappa shape index (κ1) is 16.9. The average molecular weight is 352 g/mol. The number of rotatable bonds is 3. The zero-order valence-electron chi connectivity index (χ0n) is 13.0. The normalized spacial score (nSPS) is 11.7. The summed E-state index contributed by atoms with van der Waals surface area (Å²) in [4.78, 5) is 16.3. The molecule has 0 unspecified atom stereocenters. The summed E-state index contributed by atoms with van der Waals surface area (Å²) in [5, 5.41) is 0. The second-order valence-corrected chi connectivity index (χ2v) is 5.23. The number of carbonyl (C=O) groups is 1. The fourth-order valence-corrected chi connectivity index (χ4v) is 2.43. The highest BCUT2D eigenvalue weighted by atomic mass is 19.4. The first-order valence-electron chi connectivity index (χ1n) is 7.35. The third-order valence-corrected chi connectivity index (χ3v) is 3.56. The molecular formula is C17H12F4N2O2. The quantitative estimate of drug-likeness (QED) is 0.650. The summed E-state index contributed by atoms with van der Waals surface area (Å²) >= 11 is 0. The Morgan fingerprint density at radius 3 is 2.60 bits per heavy atom. The zero-order chi connectivity index (χ0) is 18.2. The number of oxazole rings is 1. The molecule has 3 rings (SSSR count). The largest absolute Gasteiger partial charge is 0.471 e. The molecule has 0 fully saturated rings. The molecule has 0 saturated carbocycles. The molecule has 2 aromatic carbocycles. The van der Waals surface area contributed by atoms with Gasteiger partial charge in [-0.05, 0) is 43.3 Å². The number of nitrogens with zero attached hydrogens (tertiary/aromatic N) is 2. The van der Waals surface area contributed by atoms with E-state index in [1.165, 1.54) is 43.3 Å². The van der Waals surface area contributed by atoms with Crippen LogP contribution in [0.3, 0.4) is 0 Å². The van der Waals surface area contributed by atoms with Crippen LogP contribution >= 0.6 is 0 Å². The average Bonchev–Trinajstić information content (AvgIpc) is 2.98. The smallest absolute Gasteiger partial charge is 0.436 e. The number of fused-ring (bicyclic) bond motifs is 1. The first-order chi connectivity index (χ1) is 11.8. The van der Waals surface area contributed by atoms with Gasteiger partial charge in [-0.3, -0.25) is 4.79 Å². The van der Waals surface area contributed by atoms with Crippen LogP contribution in [-0.4, -0.2) is 23.6 Å². The van der Waals surface area contributed by atoms with E-state index in [0.717, 1.165) is 0 Å². The topological polar surface area (TPSA) is 46.3 Å². The predicted molar refractivity (Wildman–Crippen MR) is 83.5 cm³/mol. The lowest BCUT2D eigenvalue weighted by Gasteiger charge is -2.21. The van der Waals surface area contributed by atoms with E-state index >= 15 is 0 Å². The Labute approximate surface area is 139 Å². The maximum absolute atomic E-state index is 13.3. The van der Waals surface area contributed by atoms with Crippen molar-refractivity contribution in [2.24, 2.45) is 0 Å². The number of amides is 1. The minimum Gasteiger partial charge on any atom is -0.436 e. The molecule has 0 radical (unpaired) electrons. The van der Waals surface area contributed by atoms with Gasteiger partial charge >= 0.3 is 12.1 Å². The third-order valence-electron chi connectivity index (χ3n) is 3.56. The third kappa shape index (κ3) is 3.33. The Morgan fingerprint density at radius 1 is 1.20 bits per heavy atom. The second-order valence-electron chi connectivity index (χ2n) is 5.23. The van der Waals surface area contributed by atoms with Crippen molar-refractivity contribution in [3.05, 3.63) is 48.3 Å². The lowest BCUT2D eigenvalue weighted by Crippen LogP contribution is -2.41. The fourth-order valence-electron chi connectivity index (χ4n) is 2.43. The van der Waals surface area contributed by atoms with Crippen LogP contribution < -0.4 is 4.90 Å². The molecular weight excluding hydrogens is 340 g/mol. The van der Waals surface area contributed by atoms with Crippen LogP contribution in [0.5, 0.6) is 0 Å². The minimum atomic E-state index is -4.97. The van der Waals surface area contributed by atoms with Crippen LogP contribution in [0.15, 0.2) is 46.9 Å². The van der Waals surface area contributed by atoms with Gasteiger partial charge in [-0.1, -0.05) is 6.07 Å². The molecule has 1 amide bonds. The van der Waals surface area contributed by atoms with E-state index in [1.807, 2.05) is 0 Å². The highest BCUT2D eigenvalue weighted by molar-refractivity contribution is 5.98. The van der Waals surface area contributed by atoms with E-state index in [2.05, 4.69) is 4.98 Å². The van der Waals surface area contributed by atoms with Crippen molar-refractivity contribution >= 4 is 22.7 Å². The van der Waals surface area contributed by atoms with Gasteiger partial charge in [0.05, 0.1) is 0 Å². The van der Waals surface area contributed by atoms with E-state index in [4.69, 9.17) is 4.42 Å². The molecule has 1 heterocycles. The Hall–Kier alpha value is -2.90. The van der Waals surface area contributed by atoms with Gasteiger partial charge in [-0.15, -0.1) is 0 Å². The summed E-state index contributed by atoms with van der Waals surface area (Å²) in [6.07, 6.45) is -4.97. The Balaban J connectivity index is 2.01. The molecule has 25 heavy (non-hydrogen) atoms. The van der Waals surface area contributed by atoms with Gasteiger partial charge in [0, 0.05) is 17.8 Å². The molecule has 0 saturated heterocycles. The lowest BCUT2D eigenvalue weighted by atomic mass is 10.2. The van der Waals surface area contributed by atoms with Crippen LogP contribution in [-0.2, 0) is 4.79 Å². The van der Waals surface area contributed by atoms with Gasteiger partial charge in [0.1, 0.15) is 11.3 Å². The number of carbonyl (C=O) groups excluding carboxylic acids is 1. The Bertz CT molecular complexity index is 934. The van der Waals surface area contributed by atoms with Crippen molar-refractivity contribution in [3.8, 4) is 11.5 Å². The monoisotopic (exact) mass is 352 g/mol. The molecule has 4 nitrogen and oxygen atoms in total. The van der Waals surface area contributed by atoms with Crippen molar-refractivity contribution in [2.45, 2.75) is 13.1 Å². The molecule has 130 valence electrons. The molecule has 0 atom stereocenters. The highest BCUT2D eigenvalue weighted by Gasteiger charge is 2.42. The molecule has 0 spiro atoms. The first-order valence-corrected chi connectivity index (χ1v) is 7.35. The predicted octanol–water partition coefficient (Wildman–Crippen LogP) is 4.55. The molecule has 8 heteroatoms. The van der Waals surface area contributed by atoms with E-state index < -0.39 is 17.9 Å². The molecule has 0 bridgehead atoms. The lowest BCUT2D eigenvalue weighted by molar-refractivity contribution is -0.170. The van der Waals surface area contributed by atoms with Gasteiger partial charge in [0.2, 0.25) is 5.89 Å². The second kappa shape index (κ2) is 6.19. The van der Waals surface area contributed by atoms with E-state index in [1.54, 1.807) is 6.07 Å². The van der Waals surface area contributed by atoms with Gasteiger partial charge < -0.3 is 9.32 Å². The van der Waals surface area contributed by atoms with Crippen LogP contribution in [0.4, 0.5) is 23.2 Å². The van der Waals surface area contributed by atoms with Gasteiger partial charge in [0.25, 0.3) is 0 Å². The maximum atomic E-state index is 13.3. The van der Waals surface area contributed by atoms with Crippen LogP contribution in [0.2, 0.25) is 0 Å². The highest BCUT2D eigenvalue weighted by Crippen LogP contribution is 2.29. The standard InChI is InChI=1S/C17H12F4N2O2/c1-2-23(16(24)17(19,20)21)12-6-7-14-13(9-12)22-15(25-14)10-4-3-5-11(18)8-10/h3-9H,2H2,1H3. The number of alkyl halides is 3. The number of benzene rings is 2. The van der Waals surface area contributed by atoms with E-state index in [0.29, 0.717) is 16.0 Å². The fraction of sp³-hybridized carbons (Fsp3) is 0.176. The van der Waals surface area contributed by atoms with Gasteiger partial charge in [-0.2, -0.15) is 13.2 Å². The maximum Gasteiger partial charge on any atom is 0.471 e. The molecule has 0 aliphatic carbocycles. The molecule has 3 aromatic rings. The summed E-state index contributed by atoms with van der Waals surface area (Å²) in [5.74, 6) is -2.28. The van der Waals surface area contributed by atoms with Crippen LogP contribution in [0.25, 0.3) is 22.6 Å². The number of anilines is 1. The number of aromatic nitrogens is 1. The summed E-state index contributed by atoms with van der Waals surface area (Å²) in [5.41, 5.74) is 1.04. The molecule has 1 aromatic heterocycles. The minimum absolute atomic E-state index is 0.0522. The van der Waals surface area contributed by atoms with Crippen LogP contribution in [0.1, 0.15) is 6.92 Å². The van der Waals surface area contributed by atoms with Crippen molar-refractivity contribution in [1.82, 2.24) is 4.98 Å². The van der Waals surface area contributed by atoms with Gasteiger partial charge in [0.15, 0.2) is 5.58 Å². The SMILES string of the molecule is CCN(C(=O)C(F)(F)F)c1ccc2oc(-c3cccc(F)c3)nc2c1. The van der Waals surface area contributed by atoms with Crippen molar-refractivity contribution < 1.29 is 26.8 Å². The van der Waals surface area contributed by atoms with Crippen molar-refractivity contribution in [3.63, 3.8) is 0 Å². The van der Waals surface area contributed by atoms with E-state index in [9.17, 15) is 22.4 Å². The van der Waals surface area contributed by atoms with Gasteiger partial charge in [-0.25, -0.2) is 9.37 Å². The van der Waals surface area contributed by atoms with Crippen LogP contribution in [0, 0.1) is 5.82 Å². The zero-order valence-corrected chi connectivity index (χ0v) is 13.0. The summed E-state index contributed by atoms with van der Waals surface area (Å²) in [6.45, 7) is 1.28. The molecule has 0 aliphatic heterocycles. The number of halogens is 4. The summed E-state index contributed by atoms with van der Waals surface area (Å²) in [7, 11) is 0. The summed E-state index contributed by atoms with van der Waals surface area (Å²) in [6, 6.07) is 9.69.